The van der Waals surface area contributed by atoms with Crippen molar-refractivity contribution in [2.45, 2.75) is 38.8 Å². The number of nitrogens with one attached hydrogen (secondary N) is 1. The van der Waals surface area contributed by atoms with E-state index < -0.39 is 0 Å². The topological polar surface area (TPSA) is 62.3 Å². The molecule has 1 heterocycles. The van der Waals surface area contributed by atoms with Gasteiger partial charge in [-0.15, -0.1) is 0 Å². The number of ether oxygens (including phenoxy) is 1. The van der Waals surface area contributed by atoms with E-state index in [-0.39, 0.29) is 5.84 Å². The van der Waals surface area contributed by atoms with Gasteiger partial charge in [-0.3, -0.25) is 10.3 Å². The molecule has 1 fully saturated rings. The maximum absolute atomic E-state index is 7.50. The predicted octanol–water partition coefficient (Wildman–Crippen LogP) is 2.36. The zero-order chi connectivity index (χ0) is 14.4. The lowest BCUT2D eigenvalue weighted by molar-refractivity contribution is -0.00222. The molecule has 0 aliphatic carbocycles. The van der Waals surface area contributed by atoms with Gasteiger partial charge in [0.25, 0.3) is 0 Å². The highest BCUT2D eigenvalue weighted by Gasteiger charge is 2.20. The average Bonchev–Trinajstić information content (AvgIpc) is 2.46. The maximum Gasteiger partial charge on any atom is 0.122 e. The van der Waals surface area contributed by atoms with Crippen LogP contribution in [0.15, 0.2) is 24.3 Å². The summed E-state index contributed by atoms with van der Waals surface area (Å²) in [7, 11) is 0. The monoisotopic (exact) mass is 275 g/mol. The summed E-state index contributed by atoms with van der Waals surface area (Å²) in [6.45, 7) is 6.04. The number of nitrogens with two attached hydrogens (primary N) is 1. The van der Waals surface area contributed by atoms with Gasteiger partial charge in [0.1, 0.15) is 5.84 Å². The van der Waals surface area contributed by atoms with Crippen molar-refractivity contribution in [1.29, 1.82) is 5.41 Å². The minimum absolute atomic E-state index is 0.134. The fourth-order valence-electron chi connectivity index (χ4n) is 2.67. The average molecular weight is 275 g/mol. The quantitative estimate of drug-likeness (QED) is 0.619. The standard InChI is InChI=1S/C16H25N3O/c1-2-9-20-15-7-4-8-19(12-15)11-13-5-3-6-14(10-13)16(17)18/h3,5-6,10,15H,2,4,7-9,11-12H2,1H3,(H3,17,18). The van der Waals surface area contributed by atoms with E-state index in [1.165, 1.54) is 18.4 Å². The zero-order valence-corrected chi connectivity index (χ0v) is 12.3. The molecule has 4 nitrogen and oxygen atoms in total. The molecule has 2 rings (SSSR count). The second kappa shape index (κ2) is 7.41. The maximum atomic E-state index is 7.50. The number of likely N-dealkylation sites (tertiary alicyclic amines) is 1. The summed E-state index contributed by atoms with van der Waals surface area (Å²) in [6.07, 6.45) is 3.82. The molecule has 1 aromatic carbocycles. The molecule has 4 heteroatoms. The highest BCUT2D eigenvalue weighted by molar-refractivity contribution is 5.95. The number of hydrogen-bond donors (Lipinski definition) is 2. The summed E-state index contributed by atoms with van der Waals surface area (Å²) in [5, 5.41) is 7.50. The van der Waals surface area contributed by atoms with Crippen LogP contribution in [0.2, 0.25) is 0 Å². The number of hydrogen-bond acceptors (Lipinski definition) is 3. The minimum atomic E-state index is 0.134. The van der Waals surface area contributed by atoms with E-state index in [0.29, 0.717) is 6.10 Å². The first-order chi connectivity index (χ1) is 9.69. The molecule has 1 aromatic rings. The molecule has 1 aliphatic heterocycles. The number of benzene rings is 1. The Morgan fingerprint density at radius 1 is 1.50 bits per heavy atom. The Labute approximate surface area is 121 Å². The minimum Gasteiger partial charge on any atom is -0.384 e. The van der Waals surface area contributed by atoms with Crippen LogP contribution in [0.5, 0.6) is 0 Å². The highest BCUT2D eigenvalue weighted by Crippen LogP contribution is 2.16. The molecule has 1 saturated heterocycles. The first-order valence-corrected chi connectivity index (χ1v) is 7.46. The Balaban J connectivity index is 1.92. The molecule has 20 heavy (non-hydrogen) atoms. The third-order valence-corrected chi connectivity index (χ3v) is 3.66. The molecule has 0 amide bonds. The van der Waals surface area contributed by atoms with Crippen LogP contribution in [0.1, 0.15) is 37.3 Å². The lowest BCUT2D eigenvalue weighted by Crippen LogP contribution is -2.39. The van der Waals surface area contributed by atoms with Crippen molar-refractivity contribution < 1.29 is 4.74 Å². The van der Waals surface area contributed by atoms with E-state index in [1.54, 1.807) is 0 Å². The fraction of sp³-hybridized carbons (Fsp3) is 0.562. The van der Waals surface area contributed by atoms with E-state index in [0.717, 1.165) is 38.2 Å². The Morgan fingerprint density at radius 2 is 2.35 bits per heavy atom. The lowest BCUT2D eigenvalue weighted by Gasteiger charge is -2.32. The van der Waals surface area contributed by atoms with Gasteiger partial charge in [-0.25, -0.2) is 0 Å². The second-order valence-corrected chi connectivity index (χ2v) is 5.48. The molecule has 0 saturated carbocycles. The summed E-state index contributed by atoms with van der Waals surface area (Å²) < 4.78 is 5.87. The second-order valence-electron chi connectivity index (χ2n) is 5.48. The number of piperidine rings is 1. The normalized spacial score (nSPS) is 19.9. The smallest absolute Gasteiger partial charge is 0.122 e. The predicted molar refractivity (Wildman–Crippen MR) is 82.0 cm³/mol. The Bertz CT molecular complexity index is 447. The van der Waals surface area contributed by atoms with E-state index in [2.05, 4.69) is 17.9 Å². The number of nitrogens with zero attached hydrogens (tertiary/aromatic N) is 1. The van der Waals surface area contributed by atoms with Crippen molar-refractivity contribution in [3.05, 3.63) is 35.4 Å². The van der Waals surface area contributed by atoms with E-state index in [4.69, 9.17) is 15.9 Å². The molecule has 1 aliphatic rings. The summed E-state index contributed by atoms with van der Waals surface area (Å²) in [5.41, 5.74) is 7.56. The Morgan fingerprint density at radius 3 is 3.10 bits per heavy atom. The summed E-state index contributed by atoms with van der Waals surface area (Å²) in [4.78, 5) is 2.43. The van der Waals surface area contributed by atoms with Crippen molar-refractivity contribution >= 4 is 5.84 Å². The first kappa shape index (κ1) is 15.0. The first-order valence-electron chi connectivity index (χ1n) is 7.46. The molecule has 0 spiro atoms. The Hall–Kier alpha value is -1.39. The molecule has 3 N–H and O–H groups in total. The third-order valence-electron chi connectivity index (χ3n) is 3.66. The molecule has 0 radical (unpaired) electrons. The zero-order valence-electron chi connectivity index (χ0n) is 12.3. The van der Waals surface area contributed by atoms with Crippen LogP contribution in [-0.2, 0) is 11.3 Å². The van der Waals surface area contributed by atoms with Crippen LogP contribution >= 0.6 is 0 Å². The number of amidine groups is 1. The lowest BCUT2D eigenvalue weighted by atomic mass is 10.1. The van der Waals surface area contributed by atoms with Gasteiger partial charge >= 0.3 is 0 Å². The van der Waals surface area contributed by atoms with Crippen LogP contribution in [-0.4, -0.2) is 36.5 Å². The SMILES string of the molecule is CCCOC1CCCN(Cc2cccc(C(=N)N)c2)C1. The molecule has 0 aromatic heterocycles. The van der Waals surface area contributed by atoms with Gasteiger partial charge in [0.2, 0.25) is 0 Å². The van der Waals surface area contributed by atoms with Gasteiger partial charge in [0, 0.05) is 25.3 Å². The Kier molecular flexibility index (Phi) is 5.56. The summed E-state index contributed by atoms with van der Waals surface area (Å²) >= 11 is 0. The fourth-order valence-corrected chi connectivity index (χ4v) is 2.67. The van der Waals surface area contributed by atoms with E-state index >= 15 is 0 Å². The van der Waals surface area contributed by atoms with E-state index in [9.17, 15) is 0 Å². The van der Waals surface area contributed by atoms with Crippen molar-refractivity contribution in [1.82, 2.24) is 4.90 Å². The molecule has 1 unspecified atom stereocenters. The van der Waals surface area contributed by atoms with Gasteiger partial charge in [0.05, 0.1) is 6.10 Å². The van der Waals surface area contributed by atoms with Gasteiger partial charge < -0.3 is 10.5 Å². The number of rotatable bonds is 6. The molecular formula is C16H25N3O. The van der Waals surface area contributed by atoms with Crippen LogP contribution < -0.4 is 5.73 Å². The van der Waals surface area contributed by atoms with Crippen LogP contribution in [0, 0.1) is 5.41 Å². The van der Waals surface area contributed by atoms with Crippen molar-refractivity contribution in [3.63, 3.8) is 0 Å². The number of nitrogen functional groups attached to an aromatic ring is 1. The van der Waals surface area contributed by atoms with Crippen molar-refractivity contribution in [3.8, 4) is 0 Å². The van der Waals surface area contributed by atoms with Gasteiger partial charge in [0.15, 0.2) is 0 Å². The third kappa shape index (κ3) is 4.32. The van der Waals surface area contributed by atoms with Crippen LogP contribution in [0.25, 0.3) is 0 Å². The van der Waals surface area contributed by atoms with E-state index in [1.807, 2.05) is 18.2 Å². The van der Waals surface area contributed by atoms with Gasteiger partial charge in [-0.2, -0.15) is 0 Å². The van der Waals surface area contributed by atoms with Crippen LogP contribution in [0.4, 0.5) is 0 Å². The molecule has 0 bridgehead atoms. The van der Waals surface area contributed by atoms with Gasteiger partial charge in [-0.05, 0) is 37.4 Å². The molecule has 110 valence electrons. The largest absolute Gasteiger partial charge is 0.384 e. The van der Waals surface area contributed by atoms with Crippen LogP contribution in [0.3, 0.4) is 0 Å². The van der Waals surface area contributed by atoms with Gasteiger partial charge in [-0.1, -0.05) is 25.1 Å². The summed E-state index contributed by atoms with van der Waals surface area (Å²) in [6, 6.07) is 7.97. The van der Waals surface area contributed by atoms with Crippen molar-refractivity contribution in [2.24, 2.45) is 5.73 Å². The van der Waals surface area contributed by atoms with Crippen molar-refractivity contribution in [2.75, 3.05) is 19.7 Å². The summed E-state index contributed by atoms with van der Waals surface area (Å²) in [5.74, 6) is 0.134. The highest BCUT2D eigenvalue weighted by atomic mass is 16.5. The molecule has 1 atom stereocenters. The molecular weight excluding hydrogens is 250 g/mol.